The van der Waals surface area contributed by atoms with E-state index >= 15 is 0 Å². The monoisotopic (exact) mass is 327 g/mol. The quantitative estimate of drug-likeness (QED) is 0.883. The summed E-state index contributed by atoms with van der Waals surface area (Å²) in [5.74, 6) is 0.573. The van der Waals surface area contributed by atoms with Crippen LogP contribution in [0.1, 0.15) is 36.5 Å². The van der Waals surface area contributed by atoms with Crippen molar-refractivity contribution in [2.75, 3.05) is 26.2 Å². The van der Waals surface area contributed by atoms with Crippen LogP contribution in [0.15, 0.2) is 36.9 Å². The molecule has 0 aliphatic carbocycles. The van der Waals surface area contributed by atoms with Crippen LogP contribution < -0.4 is 5.32 Å². The smallest absolute Gasteiger partial charge is 0.251 e. The zero-order valence-corrected chi connectivity index (χ0v) is 14.2. The molecule has 2 aromatic rings. The van der Waals surface area contributed by atoms with Crippen molar-refractivity contribution in [2.24, 2.45) is 5.92 Å². The Morgan fingerprint density at radius 2 is 2.00 bits per heavy atom. The molecule has 0 saturated carbocycles. The van der Waals surface area contributed by atoms with E-state index in [-0.39, 0.29) is 5.91 Å². The van der Waals surface area contributed by atoms with Gasteiger partial charge in [-0.25, -0.2) is 0 Å². The normalized spacial score (nSPS) is 16.2. The van der Waals surface area contributed by atoms with Crippen LogP contribution in [0, 0.1) is 5.92 Å². The van der Waals surface area contributed by atoms with Crippen molar-refractivity contribution in [1.82, 2.24) is 25.0 Å². The summed E-state index contributed by atoms with van der Waals surface area (Å²) in [6.45, 7) is 6.47. The Kier molecular flexibility index (Phi) is 5.59. The summed E-state index contributed by atoms with van der Waals surface area (Å²) < 4.78 is 1.79. The van der Waals surface area contributed by atoms with Gasteiger partial charge in [0.15, 0.2) is 0 Å². The van der Waals surface area contributed by atoms with E-state index in [1.54, 1.807) is 17.2 Å². The zero-order chi connectivity index (χ0) is 16.8. The number of nitrogens with zero attached hydrogens (tertiary/aromatic N) is 4. The standard InChI is InChI=1S/C18H25N5O/c1-2-8-22-9-6-15(7-10-22)12-19-18(24)16-4-3-5-17(11-16)23-13-20-21-14-23/h3-5,11,13-15H,2,6-10,12H2,1H3,(H,19,24). The number of nitrogens with one attached hydrogen (secondary N) is 1. The average molecular weight is 327 g/mol. The second-order valence-electron chi connectivity index (χ2n) is 6.41. The number of rotatable bonds is 6. The van der Waals surface area contributed by atoms with Gasteiger partial charge in [-0.2, -0.15) is 0 Å². The topological polar surface area (TPSA) is 63.1 Å². The van der Waals surface area contributed by atoms with E-state index in [4.69, 9.17) is 0 Å². The number of piperidine rings is 1. The Morgan fingerprint density at radius 1 is 1.25 bits per heavy atom. The first-order valence-electron chi connectivity index (χ1n) is 8.72. The lowest BCUT2D eigenvalue weighted by atomic mass is 9.96. The van der Waals surface area contributed by atoms with Gasteiger partial charge in [0, 0.05) is 17.8 Å². The SMILES string of the molecule is CCCN1CCC(CNC(=O)c2cccc(-n3cnnc3)c2)CC1. The maximum Gasteiger partial charge on any atom is 0.251 e. The van der Waals surface area contributed by atoms with Gasteiger partial charge in [0.1, 0.15) is 12.7 Å². The van der Waals surface area contributed by atoms with Crippen molar-refractivity contribution in [3.63, 3.8) is 0 Å². The fraction of sp³-hybridized carbons (Fsp3) is 0.500. The van der Waals surface area contributed by atoms with Gasteiger partial charge in [-0.1, -0.05) is 13.0 Å². The highest BCUT2D eigenvalue weighted by molar-refractivity contribution is 5.94. The zero-order valence-electron chi connectivity index (χ0n) is 14.2. The summed E-state index contributed by atoms with van der Waals surface area (Å²) in [6, 6.07) is 7.52. The molecular weight excluding hydrogens is 302 g/mol. The van der Waals surface area contributed by atoms with Crippen molar-refractivity contribution in [1.29, 1.82) is 0 Å². The Labute approximate surface area is 142 Å². The van der Waals surface area contributed by atoms with Crippen LogP contribution in [-0.4, -0.2) is 51.8 Å². The molecule has 0 radical (unpaired) electrons. The Hall–Kier alpha value is -2.21. The Bertz CT molecular complexity index is 647. The summed E-state index contributed by atoms with van der Waals surface area (Å²) in [5, 5.41) is 10.7. The number of amides is 1. The molecule has 6 nitrogen and oxygen atoms in total. The van der Waals surface area contributed by atoms with Crippen LogP contribution in [0.2, 0.25) is 0 Å². The van der Waals surface area contributed by atoms with Crippen molar-refractivity contribution in [3.8, 4) is 5.69 Å². The first kappa shape index (κ1) is 16.6. The highest BCUT2D eigenvalue weighted by Gasteiger charge is 2.19. The molecule has 6 heteroatoms. The molecule has 2 heterocycles. The summed E-state index contributed by atoms with van der Waals surface area (Å²) in [6.07, 6.45) is 6.80. The molecule has 1 N–H and O–H groups in total. The molecule has 1 fully saturated rings. The molecule has 1 saturated heterocycles. The average Bonchev–Trinajstić information content (AvgIpc) is 3.16. The minimum absolute atomic E-state index is 0.0130. The third kappa shape index (κ3) is 4.20. The van der Waals surface area contributed by atoms with Gasteiger partial charge in [0.2, 0.25) is 0 Å². The lowest BCUT2D eigenvalue weighted by Crippen LogP contribution is -2.38. The molecular formula is C18H25N5O. The van der Waals surface area contributed by atoms with Crippen LogP contribution >= 0.6 is 0 Å². The highest BCUT2D eigenvalue weighted by Crippen LogP contribution is 2.17. The van der Waals surface area contributed by atoms with Crippen LogP contribution in [0.4, 0.5) is 0 Å². The molecule has 0 bridgehead atoms. The number of hydrogen-bond acceptors (Lipinski definition) is 4. The molecule has 3 rings (SSSR count). The van der Waals surface area contributed by atoms with Gasteiger partial charge < -0.3 is 10.2 Å². The third-order valence-electron chi connectivity index (χ3n) is 4.62. The largest absolute Gasteiger partial charge is 0.352 e. The number of benzene rings is 1. The predicted molar refractivity (Wildman–Crippen MR) is 93.1 cm³/mol. The summed E-state index contributed by atoms with van der Waals surface area (Å²) >= 11 is 0. The molecule has 1 aliphatic rings. The van der Waals surface area contributed by atoms with E-state index in [1.807, 2.05) is 24.3 Å². The second kappa shape index (κ2) is 8.06. The first-order valence-corrected chi connectivity index (χ1v) is 8.72. The van der Waals surface area contributed by atoms with Gasteiger partial charge in [0.05, 0.1) is 0 Å². The summed E-state index contributed by atoms with van der Waals surface area (Å²) in [4.78, 5) is 14.9. The van der Waals surface area contributed by atoms with Crippen LogP contribution in [-0.2, 0) is 0 Å². The van der Waals surface area contributed by atoms with E-state index in [0.29, 0.717) is 11.5 Å². The fourth-order valence-corrected chi connectivity index (χ4v) is 3.21. The molecule has 1 aromatic carbocycles. The number of hydrogen-bond donors (Lipinski definition) is 1. The minimum Gasteiger partial charge on any atom is -0.352 e. The van der Waals surface area contributed by atoms with Crippen molar-refractivity contribution < 1.29 is 4.79 Å². The van der Waals surface area contributed by atoms with E-state index in [0.717, 1.165) is 25.3 Å². The van der Waals surface area contributed by atoms with E-state index in [2.05, 4.69) is 27.3 Å². The van der Waals surface area contributed by atoms with Crippen LogP contribution in [0.3, 0.4) is 0 Å². The number of likely N-dealkylation sites (tertiary alicyclic amines) is 1. The molecule has 0 unspecified atom stereocenters. The lowest BCUT2D eigenvalue weighted by molar-refractivity contribution is 0.0936. The highest BCUT2D eigenvalue weighted by atomic mass is 16.1. The molecule has 1 aromatic heterocycles. The lowest BCUT2D eigenvalue weighted by Gasteiger charge is -2.31. The number of carbonyl (C=O) groups excluding carboxylic acids is 1. The molecule has 1 aliphatic heterocycles. The molecule has 0 spiro atoms. The summed E-state index contributed by atoms with van der Waals surface area (Å²) in [5.41, 5.74) is 1.56. The number of aromatic nitrogens is 3. The maximum atomic E-state index is 12.4. The van der Waals surface area contributed by atoms with Crippen molar-refractivity contribution >= 4 is 5.91 Å². The summed E-state index contributed by atoms with van der Waals surface area (Å²) in [7, 11) is 0. The predicted octanol–water partition coefficient (Wildman–Crippen LogP) is 2.12. The van der Waals surface area contributed by atoms with Crippen LogP contribution in [0.25, 0.3) is 5.69 Å². The fourth-order valence-electron chi connectivity index (χ4n) is 3.21. The first-order chi connectivity index (χ1) is 11.8. The Balaban J connectivity index is 1.52. The molecule has 1 amide bonds. The Morgan fingerprint density at radius 3 is 2.71 bits per heavy atom. The molecule has 128 valence electrons. The van der Waals surface area contributed by atoms with Crippen molar-refractivity contribution in [3.05, 3.63) is 42.5 Å². The second-order valence-corrected chi connectivity index (χ2v) is 6.41. The minimum atomic E-state index is -0.0130. The van der Waals surface area contributed by atoms with Gasteiger partial charge >= 0.3 is 0 Å². The van der Waals surface area contributed by atoms with Gasteiger partial charge in [-0.05, 0) is 63.0 Å². The van der Waals surface area contributed by atoms with Gasteiger partial charge in [-0.3, -0.25) is 9.36 Å². The molecule has 0 atom stereocenters. The van der Waals surface area contributed by atoms with E-state index < -0.39 is 0 Å². The van der Waals surface area contributed by atoms with E-state index in [1.165, 1.54) is 25.8 Å². The third-order valence-corrected chi connectivity index (χ3v) is 4.62. The van der Waals surface area contributed by atoms with E-state index in [9.17, 15) is 4.79 Å². The molecule has 24 heavy (non-hydrogen) atoms. The van der Waals surface area contributed by atoms with Crippen LogP contribution in [0.5, 0.6) is 0 Å². The van der Waals surface area contributed by atoms with Gasteiger partial charge in [-0.15, -0.1) is 10.2 Å². The number of carbonyl (C=O) groups is 1. The maximum absolute atomic E-state index is 12.4. The van der Waals surface area contributed by atoms with Gasteiger partial charge in [0.25, 0.3) is 5.91 Å². The van der Waals surface area contributed by atoms with Crippen molar-refractivity contribution in [2.45, 2.75) is 26.2 Å².